The Labute approximate surface area is 162 Å². The second-order valence-corrected chi connectivity index (χ2v) is 7.92. The smallest absolute Gasteiger partial charge is 0.255 e. The van der Waals surface area contributed by atoms with E-state index in [0.717, 1.165) is 0 Å². The average Bonchev–Trinajstić information content (AvgIpc) is 2.62. The van der Waals surface area contributed by atoms with Crippen LogP contribution in [-0.4, -0.2) is 28.0 Å². The minimum absolute atomic E-state index is 0.113. The summed E-state index contributed by atoms with van der Waals surface area (Å²) in [7, 11) is -2.45. The lowest BCUT2D eigenvalue weighted by atomic mass is 10.2. The monoisotopic (exact) mass is 416 g/mol. The first-order valence-electron chi connectivity index (χ1n) is 7.72. The molecule has 0 atom stereocenters. The average molecular weight is 417 g/mol. The van der Waals surface area contributed by atoms with Crippen LogP contribution in [0.5, 0.6) is 5.75 Å². The minimum Gasteiger partial charge on any atom is -0.495 e. The van der Waals surface area contributed by atoms with Gasteiger partial charge in [0.25, 0.3) is 5.91 Å². The van der Waals surface area contributed by atoms with E-state index in [0.29, 0.717) is 22.2 Å². The van der Waals surface area contributed by atoms with Crippen LogP contribution < -0.4 is 14.8 Å². The number of sulfonamides is 1. The molecule has 9 heteroatoms. The molecule has 140 valence electrons. The summed E-state index contributed by atoms with van der Waals surface area (Å²) in [6.45, 7) is 2.12. The van der Waals surface area contributed by atoms with Crippen LogP contribution in [-0.2, 0) is 10.0 Å². The maximum absolute atomic E-state index is 12.5. The number of carbonyl (C=O) groups is 1. The quantitative estimate of drug-likeness (QED) is 0.715. The van der Waals surface area contributed by atoms with Gasteiger partial charge in [-0.05, 0) is 42.8 Å². The van der Waals surface area contributed by atoms with E-state index < -0.39 is 15.9 Å². The van der Waals surface area contributed by atoms with Crippen molar-refractivity contribution in [1.82, 2.24) is 4.72 Å². The number of methoxy groups -OCH3 is 1. The molecular weight excluding hydrogens is 399 g/mol. The van der Waals surface area contributed by atoms with Gasteiger partial charge in [-0.1, -0.05) is 30.1 Å². The number of carbonyl (C=O) groups excluding carboxylic acids is 1. The normalized spacial score (nSPS) is 11.2. The molecule has 0 aromatic heterocycles. The van der Waals surface area contributed by atoms with E-state index >= 15 is 0 Å². The highest BCUT2D eigenvalue weighted by atomic mass is 35.5. The number of hydrogen-bond donors (Lipinski definition) is 2. The first kappa shape index (κ1) is 20.5. The van der Waals surface area contributed by atoms with Crippen molar-refractivity contribution in [2.24, 2.45) is 0 Å². The second-order valence-electron chi connectivity index (χ2n) is 5.34. The molecule has 2 rings (SSSR count). The molecule has 2 aromatic carbocycles. The Kier molecular flexibility index (Phi) is 6.88. The molecule has 0 aliphatic carbocycles. The van der Waals surface area contributed by atoms with E-state index in [2.05, 4.69) is 10.0 Å². The predicted octanol–water partition coefficient (Wildman–Crippen LogP) is 3.94. The van der Waals surface area contributed by atoms with E-state index in [9.17, 15) is 13.2 Å². The number of amides is 1. The van der Waals surface area contributed by atoms with Gasteiger partial charge < -0.3 is 10.1 Å². The van der Waals surface area contributed by atoms with E-state index in [1.165, 1.54) is 31.4 Å². The van der Waals surface area contributed by atoms with Crippen LogP contribution >= 0.6 is 23.2 Å². The summed E-state index contributed by atoms with van der Waals surface area (Å²) in [6, 6.07) is 8.80. The van der Waals surface area contributed by atoms with Gasteiger partial charge in [-0.15, -0.1) is 0 Å². The van der Waals surface area contributed by atoms with Gasteiger partial charge in [0.15, 0.2) is 0 Å². The molecule has 0 spiro atoms. The summed E-state index contributed by atoms with van der Waals surface area (Å²) in [4.78, 5) is 12.4. The van der Waals surface area contributed by atoms with Crippen LogP contribution in [0.1, 0.15) is 23.7 Å². The van der Waals surface area contributed by atoms with Crippen molar-refractivity contribution in [2.75, 3.05) is 19.0 Å². The van der Waals surface area contributed by atoms with Crippen molar-refractivity contribution >= 4 is 44.8 Å². The zero-order chi connectivity index (χ0) is 19.3. The third-order valence-corrected chi connectivity index (χ3v) is 5.48. The highest BCUT2D eigenvalue weighted by molar-refractivity contribution is 7.89. The van der Waals surface area contributed by atoms with Crippen molar-refractivity contribution in [2.45, 2.75) is 18.2 Å². The molecule has 2 N–H and O–H groups in total. The number of ether oxygens (including phenoxy) is 1. The molecular formula is C17H18Cl2N2O4S. The molecule has 0 saturated heterocycles. The maximum Gasteiger partial charge on any atom is 0.255 e. The van der Waals surface area contributed by atoms with Gasteiger partial charge in [-0.2, -0.15) is 0 Å². The molecule has 0 aliphatic heterocycles. The molecule has 2 aromatic rings. The minimum atomic E-state index is -3.81. The molecule has 0 bridgehead atoms. The van der Waals surface area contributed by atoms with Crippen molar-refractivity contribution in [1.29, 1.82) is 0 Å². The Morgan fingerprint density at radius 2 is 1.88 bits per heavy atom. The number of rotatable bonds is 7. The summed E-state index contributed by atoms with van der Waals surface area (Å²) < 4.78 is 32.4. The van der Waals surface area contributed by atoms with E-state index in [4.69, 9.17) is 27.9 Å². The molecule has 0 aliphatic rings. The Morgan fingerprint density at radius 1 is 1.15 bits per heavy atom. The molecule has 0 saturated carbocycles. The number of hydrogen-bond acceptors (Lipinski definition) is 4. The Morgan fingerprint density at radius 3 is 2.54 bits per heavy atom. The summed E-state index contributed by atoms with van der Waals surface area (Å²) in [5.74, 6) is -0.380. The SMILES string of the molecule is CCCNS(=O)(=O)c1cc(C(=O)Nc2cc(Cl)ccc2Cl)ccc1OC. The molecule has 0 heterocycles. The summed E-state index contributed by atoms with van der Waals surface area (Å²) in [5, 5.41) is 3.34. The number of benzene rings is 2. The van der Waals surface area contributed by atoms with E-state index in [1.807, 2.05) is 6.92 Å². The maximum atomic E-state index is 12.5. The molecule has 26 heavy (non-hydrogen) atoms. The molecule has 0 fully saturated rings. The zero-order valence-electron chi connectivity index (χ0n) is 14.2. The first-order valence-corrected chi connectivity index (χ1v) is 9.96. The largest absolute Gasteiger partial charge is 0.495 e. The third-order valence-electron chi connectivity index (χ3n) is 3.43. The predicted molar refractivity (Wildman–Crippen MR) is 103 cm³/mol. The van der Waals surface area contributed by atoms with E-state index in [-0.39, 0.29) is 22.8 Å². The lowest BCUT2D eigenvalue weighted by Gasteiger charge is -2.13. The van der Waals surface area contributed by atoms with Crippen LogP contribution in [0.2, 0.25) is 10.0 Å². The Bertz CT molecular complexity index is 917. The van der Waals surface area contributed by atoms with Crippen LogP contribution in [0.4, 0.5) is 5.69 Å². The first-order chi connectivity index (χ1) is 12.3. The highest BCUT2D eigenvalue weighted by Gasteiger charge is 2.21. The fourth-order valence-electron chi connectivity index (χ4n) is 2.13. The molecule has 6 nitrogen and oxygen atoms in total. The van der Waals surface area contributed by atoms with Crippen LogP contribution in [0.25, 0.3) is 0 Å². The van der Waals surface area contributed by atoms with Crippen LogP contribution in [0.15, 0.2) is 41.3 Å². The standard InChI is InChI=1S/C17H18Cl2N2O4S/c1-3-8-20-26(23,24)16-9-11(4-7-15(16)25-2)17(22)21-14-10-12(18)5-6-13(14)19/h4-7,9-10,20H,3,8H2,1-2H3,(H,21,22). The fourth-order valence-corrected chi connectivity index (χ4v) is 3.79. The van der Waals surface area contributed by atoms with Crippen molar-refractivity contribution in [3.8, 4) is 5.75 Å². The van der Waals surface area contributed by atoms with Gasteiger partial charge >= 0.3 is 0 Å². The van der Waals surface area contributed by atoms with Crippen molar-refractivity contribution in [3.63, 3.8) is 0 Å². The van der Waals surface area contributed by atoms with Gasteiger partial charge in [0.2, 0.25) is 10.0 Å². The topological polar surface area (TPSA) is 84.5 Å². The van der Waals surface area contributed by atoms with Gasteiger partial charge in [0, 0.05) is 17.1 Å². The highest BCUT2D eigenvalue weighted by Crippen LogP contribution is 2.28. The van der Waals surface area contributed by atoms with Crippen LogP contribution in [0.3, 0.4) is 0 Å². The lowest BCUT2D eigenvalue weighted by molar-refractivity contribution is 0.102. The number of nitrogens with one attached hydrogen (secondary N) is 2. The Balaban J connectivity index is 2.37. The lowest BCUT2D eigenvalue weighted by Crippen LogP contribution is -2.25. The summed E-state index contributed by atoms with van der Waals surface area (Å²) in [6.07, 6.45) is 0.634. The second kappa shape index (κ2) is 8.73. The zero-order valence-corrected chi connectivity index (χ0v) is 16.5. The van der Waals surface area contributed by atoms with Crippen molar-refractivity contribution < 1.29 is 17.9 Å². The van der Waals surface area contributed by atoms with Crippen molar-refractivity contribution in [3.05, 3.63) is 52.0 Å². The van der Waals surface area contributed by atoms with E-state index in [1.54, 1.807) is 12.1 Å². The number of anilines is 1. The van der Waals surface area contributed by atoms with Crippen LogP contribution in [0, 0.1) is 0 Å². The molecule has 1 amide bonds. The van der Waals surface area contributed by atoms with Gasteiger partial charge in [-0.25, -0.2) is 13.1 Å². The third kappa shape index (κ3) is 4.88. The van der Waals surface area contributed by atoms with Gasteiger partial charge in [-0.3, -0.25) is 4.79 Å². The molecule has 0 radical (unpaired) electrons. The van der Waals surface area contributed by atoms with Gasteiger partial charge in [0.1, 0.15) is 10.6 Å². The fraction of sp³-hybridized carbons (Fsp3) is 0.235. The number of halogens is 2. The van der Waals surface area contributed by atoms with Gasteiger partial charge in [0.05, 0.1) is 17.8 Å². The Hall–Kier alpha value is -1.80. The summed E-state index contributed by atoms with van der Waals surface area (Å²) >= 11 is 11.9. The summed E-state index contributed by atoms with van der Waals surface area (Å²) in [5.41, 5.74) is 0.465. The molecule has 0 unspecified atom stereocenters.